The zero-order valence-corrected chi connectivity index (χ0v) is 14.9. The Morgan fingerprint density at radius 3 is 2.38 bits per heavy atom. The third-order valence-electron chi connectivity index (χ3n) is 3.97. The van der Waals surface area contributed by atoms with Gasteiger partial charge in [0.15, 0.2) is 5.11 Å². The van der Waals surface area contributed by atoms with E-state index < -0.39 is 6.61 Å². The monoisotopic (exact) mass is 372 g/mol. The summed E-state index contributed by atoms with van der Waals surface area (Å²) in [4.78, 5) is 0. The van der Waals surface area contributed by atoms with Crippen LogP contribution in [0.15, 0.2) is 66.7 Å². The fourth-order valence-corrected chi connectivity index (χ4v) is 3.08. The van der Waals surface area contributed by atoms with Crippen LogP contribution in [0.4, 0.5) is 14.5 Å². The quantitative estimate of drug-likeness (QED) is 0.580. The molecule has 0 spiro atoms. The topological polar surface area (TPSA) is 33.3 Å². The molecule has 0 aliphatic carbocycles. The standard InChI is InChI=1S/C20H18F2N2OS/c1-13(17-8-4-6-14-5-2-3-7-18(14)17)23-20(26)24-15-9-11-16(12-10-15)25-19(21)22/h2-13,19H,1H3,(H2,23,24,26)/t13-/m1/s1. The van der Waals surface area contributed by atoms with Crippen LogP contribution in [-0.2, 0) is 0 Å². The molecular weight excluding hydrogens is 354 g/mol. The van der Waals surface area contributed by atoms with Gasteiger partial charge in [0, 0.05) is 5.69 Å². The summed E-state index contributed by atoms with van der Waals surface area (Å²) in [5.41, 5.74) is 1.84. The number of halogens is 2. The lowest BCUT2D eigenvalue weighted by atomic mass is 10.00. The Hall–Kier alpha value is -2.73. The number of ether oxygens (including phenoxy) is 1. The van der Waals surface area contributed by atoms with Crippen molar-refractivity contribution in [3.05, 3.63) is 72.3 Å². The van der Waals surface area contributed by atoms with Crippen molar-refractivity contribution >= 4 is 33.8 Å². The molecule has 0 heterocycles. The highest BCUT2D eigenvalue weighted by Crippen LogP contribution is 2.24. The van der Waals surface area contributed by atoms with Crippen LogP contribution in [0.3, 0.4) is 0 Å². The fourth-order valence-electron chi connectivity index (χ4n) is 2.79. The number of hydrogen-bond donors (Lipinski definition) is 2. The lowest BCUT2D eigenvalue weighted by Crippen LogP contribution is -2.31. The molecule has 3 rings (SSSR count). The van der Waals surface area contributed by atoms with E-state index in [1.807, 2.05) is 25.1 Å². The van der Waals surface area contributed by atoms with Crippen LogP contribution in [0.25, 0.3) is 10.8 Å². The molecule has 134 valence electrons. The van der Waals surface area contributed by atoms with Crippen LogP contribution in [0.2, 0.25) is 0 Å². The van der Waals surface area contributed by atoms with Gasteiger partial charge in [-0.15, -0.1) is 0 Å². The Morgan fingerprint density at radius 2 is 1.65 bits per heavy atom. The lowest BCUT2D eigenvalue weighted by molar-refractivity contribution is -0.0498. The summed E-state index contributed by atoms with van der Waals surface area (Å²) in [6.07, 6.45) is 0. The second-order valence-corrected chi connectivity index (χ2v) is 6.20. The molecule has 6 heteroatoms. The van der Waals surface area contributed by atoms with E-state index in [1.165, 1.54) is 22.9 Å². The molecule has 0 aliphatic heterocycles. The highest BCUT2D eigenvalue weighted by molar-refractivity contribution is 7.80. The molecule has 3 nitrogen and oxygen atoms in total. The summed E-state index contributed by atoms with van der Waals surface area (Å²) < 4.78 is 28.7. The van der Waals surface area contributed by atoms with Crippen LogP contribution in [-0.4, -0.2) is 11.7 Å². The number of hydrogen-bond acceptors (Lipinski definition) is 2. The smallest absolute Gasteiger partial charge is 0.387 e. The van der Waals surface area contributed by atoms with E-state index in [0.717, 1.165) is 5.56 Å². The molecule has 26 heavy (non-hydrogen) atoms. The van der Waals surface area contributed by atoms with Gasteiger partial charge >= 0.3 is 6.61 Å². The Kier molecular flexibility index (Phi) is 5.63. The van der Waals surface area contributed by atoms with E-state index in [1.54, 1.807) is 12.1 Å². The van der Waals surface area contributed by atoms with Gasteiger partial charge in [0.25, 0.3) is 0 Å². The molecule has 3 aromatic rings. The molecule has 0 bridgehead atoms. The van der Waals surface area contributed by atoms with E-state index in [2.05, 4.69) is 39.6 Å². The van der Waals surface area contributed by atoms with Crippen molar-refractivity contribution in [3.8, 4) is 5.75 Å². The van der Waals surface area contributed by atoms with Crippen LogP contribution in [0.5, 0.6) is 5.75 Å². The minimum Gasteiger partial charge on any atom is -0.435 e. The van der Waals surface area contributed by atoms with E-state index in [-0.39, 0.29) is 11.8 Å². The first-order valence-electron chi connectivity index (χ1n) is 8.13. The fraction of sp³-hybridized carbons (Fsp3) is 0.150. The third-order valence-corrected chi connectivity index (χ3v) is 4.19. The number of rotatable bonds is 5. The summed E-state index contributed by atoms with van der Waals surface area (Å²) in [7, 11) is 0. The molecule has 0 aromatic heterocycles. The van der Waals surface area contributed by atoms with Crippen LogP contribution in [0, 0.1) is 0 Å². The predicted molar refractivity (Wildman–Crippen MR) is 105 cm³/mol. The summed E-state index contributed by atoms with van der Waals surface area (Å²) in [5.74, 6) is 0.105. The van der Waals surface area contributed by atoms with Gasteiger partial charge in [0.2, 0.25) is 0 Å². The Bertz CT molecular complexity index is 894. The highest BCUT2D eigenvalue weighted by atomic mass is 32.1. The Balaban J connectivity index is 1.65. The summed E-state index contributed by atoms with van der Waals surface area (Å²) in [5, 5.41) is 9.10. The predicted octanol–water partition coefficient (Wildman–Crippen LogP) is 5.49. The molecule has 0 fully saturated rings. The Morgan fingerprint density at radius 1 is 0.962 bits per heavy atom. The SMILES string of the molecule is C[C@@H](NC(=S)Nc1ccc(OC(F)F)cc1)c1cccc2ccccc12. The number of anilines is 1. The largest absolute Gasteiger partial charge is 0.435 e. The van der Waals surface area contributed by atoms with Crippen molar-refractivity contribution in [3.63, 3.8) is 0 Å². The van der Waals surface area contributed by atoms with Crippen molar-refractivity contribution < 1.29 is 13.5 Å². The van der Waals surface area contributed by atoms with Gasteiger partial charge in [-0.05, 0) is 59.7 Å². The van der Waals surface area contributed by atoms with E-state index in [4.69, 9.17) is 12.2 Å². The molecule has 0 aliphatic rings. The average Bonchev–Trinajstić information content (AvgIpc) is 2.62. The van der Waals surface area contributed by atoms with Crippen molar-refractivity contribution in [1.29, 1.82) is 0 Å². The van der Waals surface area contributed by atoms with E-state index in [0.29, 0.717) is 10.8 Å². The second-order valence-electron chi connectivity index (χ2n) is 5.79. The van der Waals surface area contributed by atoms with Gasteiger partial charge < -0.3 is 15.4 Å². The minimum atomic E-state index is -2.84. The molecule has 3 aromatic carbocycles. The van der Waals surface area contributed by atoms with Gasteiger partial charge in [0.05, 0.1) is 6.04 Å². The van der Waals surface area contributed by atoms with Crippen molar-refractivity contribution in [2.45, 2.75) is 19.6 Å². The lowest BCUT2D eigenvalue weighted by Gasteiger charge is -2.19. The second kappa shape index (κ2) is 8.10. The number of fused-ring (bicyclic) bond motifs is 1. The third kappa shape index (κ3) is 4.46. The van der Waals surface area contributed by atoms with Gasteiger partial charge in [-0.25, -0.2) is 0 Å². The zero-order chi connectivity index (χ0) is 18.5. The molecule has 0 unspecified atom stereocenters. The molecule has 0 radical (unpaired) electrons. The first-order chi connectivity index (χ1) is 12.5. The van der Waals surface area contributed by atoms with Crippen LogP contribution >= 0.6 is 12.2 Å². The molecule has 0 saturated carbocycles. The van der Waals surface area contributed by atoms with Crippen LogP contribution in [0.1, 0.15) is 18.5 Å². The van der Waals surface area contributed by atoms with Gasteiger partial charge in [-0.2, -0.15) is 8.78 Å². The van der Waals surface area contributed by atoms with Crippen LogP contribution < -0.4 is 15.4 Å². The summed E-state index contributed by atoms with van der Waals surface area (Å²) in [6.45, 7) is -0.798. The van der Waals surface area contributed by atoms with Gasteiger partial charge in [-0.1, -0.05) is 42.5 Å². The van der Waals surface area contributed by atoms with E-state index >= 15 is 0 Å². The first-order valence-corrected chi connectivity index (χ1v) is 8.54. The van der Waals surface area contributed by atoms with Crippen molar-refractivity contribution in [2.75, 3.05) is 5.32 Å². The molecule has 2 N–H and O–H groups in total. The van der Waals surface area contributed by atoms with E-state index in [9.17, 15) is 8.78 Å². The Labute approximate surface area is 156 Å². The molecule has 0 amide bonds. The molecular formula is C20H18F2N2OS. The van der Waals surface area contributed by atoms with Gasteiger partial charge in [0.1, 0.15) is 5.75 Å². The average molecular weight is 372 g/mol. The minimum absolute atomic E-state index is 0.00235. The molecule has 0 saturated heterocycles. The van der Waals surface area contributed by atoms with Gasteiger partial charge in [-0.3, -0.25) is 0 Å². The zero-order valence-electron chi connectivity index (χ0n) is 14.1. The maximum Gasteiger partial charge on any atom is 0.387 e. The number of benzene rings is 3. The number of thiocarbonyl (C=S) groups is 1. The van der Waals surface area contributed by atoms with Crippen molar-refractivity contribution in [2.24, 2.45) is 0 Å². The highest BCUT2D eigenvalue weighted by Gasteiger charge is 2.11. The first kappa shape index (κ1) is 18.1. The van der Waals surface area contributed by atoms with Crippen molar-refractivity contribution in [1.82, 2.24) is 5.32 Å². The maximum absolute atomic E-state index is 12.2. The summed E-state index contributed by atoms with van der Waals surface area (Å²) >= 11 is 5.36. The summed E-state index contributed by atoms with van der Waals surface area (Å²) in [6, 6.07) is 20.5. The normalized spacial score (nSPS) is 12.0. The number of nitrogens with one attached hydrogen (secondary N) is 2. The molecule has 1 atom stereocenters. The maximum atomic E-state index is 12.2. The number of alkyl halides is 2.